The number of nitrogens with zero attached hydrogens (tertiary/aromatic N) is 1. The molecule has 0 radical (unpaired) electrons. The molecule has 0 aromatic rings. The van der Waals surface area contributed by atoms with Gasteiger partial charge in [0.15, 0.2) is 5.79 Å². The van der Waals surface area contributed by atoms with Crippen LogP contribution >= 0.6 is 0 Å². The SMILES string of the molecule is CCCCCC=CCC=CCCCCCCCC1OC2(CN(C)C2)OC1CCCCCCCC=CCC=CCCCCC. The average molecular weight is 598 g/mol. The minimum Gasteiger partial charge on any atom is -0.341 e. The number of unbranched alkanes of at least 4 members (excludes halogenated alkanes) is 16. The molecule has 43 heavy (non-hydrogen) atoms. The molecule has 3 heteroatoms. The van der Waals surface area contributed by atoms with E-state index in [1.165, 1.54) is 141 Å². The van der Waals surface area contributed by atoms with E-state index < -0.39 is 0 Å². The molecule has 248 valence electrons. The number of likely N-dealkylation sites (N-methyl/N-ethyl adjacent to an activating group) is 1. The van der Waals surface area contributed by atoms with Crippen molar-refractivity contribution in [2.75, 3.05) is 20.1 Å². The Labute approximate surface area is 268 Å². The van der Waals surface area contributed by atoms with Crippen LogP contribution in [-0.2, 0) is 9.47 Å². The van der Waals surface area contributed by atoms with Gasteiger partial charge in [0.05, 0.1) is 25.3 Å². The van der Waals surface area contributed by atoms with E-state index in [9.17, 15) is 0 Å². The summed E-state index contributed by atoms with van der Waals surface area (Å²) >= 11 is 0. The predicted octanol–water partition coefficient (Wildman–Crippen LogP) is 12.0. The summed E-state index contributed by atoms with van der Waals surface area (Å²) in [7, 11) is 2.17. The number of hydrogen-bond acceptors (Lipinski definition) is 3. The Kier molecular flexibility index (Phi) is 23.1. The summed E-state index contributed by atoms with van der Waals surface area (Å²) in [6.45, 7) is 6.41. The van der Waals surface area contributed by atoms with Gasteiger partial charge in [-0.25, -0.2) is 0 Å². The Bertz CT molecular complexity index is 692. The third-order valence-corrected chi connectivity index (χ3v) is 9.05. The lowest BCUT2D eigenvalue weighted by Gasteiger charge is -2.44. The minimum atomic E-state index is -0.294. The predicted molar refractivity (Wildman–Crippen MR) is 189 cm³/mol. The molecule has 2 unspecified atom stereocenters. The number of likely N-dealkylation sites (tertiary alicyclic amines) is 1. The van der Waals surface area contributed by atoms with Crippen LogP contribution in [0.1, 0.15) is 168 Å². The van der Waals surface area contributed by atoms with Gasteiger partial charge in [-0.1, -0.05) is 140 Å². The Morgan fingerprint density at radius 2 is 0.837 bits per heavy atom. The summed E-state index contributed by atoms with van der Waals surface area (Å²) in [5.41, 5.74) is 0. The fourth-order valence-electron chi connectivity index (χ4n) is 6.46. The van der Waals surface area contributed by atoms with Gasteiger partial charge in [-0.3, -0.25) is 4.90 Å². The van der Waals surface area contributed by atoms with Crippen molar-refractivity contribution in [1.29, 1.82) is 0 Å². The molecule has 2 fully saturated rings. The smallest absolute Gasteiger partial charge is 0.194 e. The molecule has 0 amide bonds. The van der Waals surface area contributed by atoms with Gasteiger partial charge in [-0.15, -0.1) is 0 Å². The van der Waals surface area contributed by atoms with Gasteiger partial charge >= 0.3 is 0 Å². The van der Waals surface area contributed by atoms with E-state index in [1.54, 1.807) is 0 Å². The standard InChI is InChI=1S/C40H71NO2/c1-4-6-8-10-12-14-16-18-20-22-24-26-28-30-32-34-38-39(43-40(42-38)36-41(3)37-40)35-33-31-29-27-25-23-21-19-17-15-13-11-9-7-5-2/h12-15,18-21,38-39H,4-11,16-17,22-37H2,1-3H3. The molecule has 0 saturated carbocycles. The zero-order chi connectivity index (χ0) is 30.7. The van der Waals surface area contributed by atoms with E-state index in [0.29, 0.717) is 12.2 Å². The molecule has 2 aliphatic rings. The van der Waals surface area contributed by atoms with Crippen molar-refractivity contribution in [2.45, 2.75) is 186 Å². The van der Waals surface area contributed by atoms with E-state index >= 15 is 0 Å². The van der Waals surface area contributed by atoms with Crippen molar-refractivity contribution in [3.63, 3.8) is 0 Å². The van der Waals surface area contributed by atoms with E-state index in [1.807, 2.05) is 0 Å². The highest BCUT2D eigenvalue weighted by Crippen LogP contribution is 2.39. The Balaban J connectivity index is 1.48. The molecule has 0 N–H and O–H groups in total. The molecule has 0 aliphatic carbocycles. The van der Waals surface area contributed by atoms with Gasteiger partial charge in [0.25, 0.3) is 0 Å². The van der Waals surface area contributed by atoms with Gasteiger partial charge in [0.2, 0.25) is 0 Å². The zero-order valence-electron chi connectivity index (χ0n) is 28.9. The number of rotatable bonds is 28. The number of hydrogen-bond donors (Lipinski definition) is 0. The highest BCUT2D eigenvalue weighted by molar-refractivity contribution is 4.96. The molecule has 0 aromatic heterocycles. The van der Waals surface area contributed by atoms with Crippen LogP contribution in [0.25, 0.3) is 0 Å². The van der Waals surface area contributed by atoms with Crippen molar-refractivity contribution < 1.29 is 9.47 Å². The summed E-state index contributed by atoms with van der Waals surface area (Å²) in [4.78, 5) is 2.32. The number of ether oxygens (including phenoxy) is 2. The second-order valence-electron chi connectivity index (χ2n) is 13.4. The average Bonchev–Trinajstić information content (AvgIpc) is 3.35. The Morgan fingerprint density at radius 1 is 0.488 bits per heavy atom. The third-order valence-electron chi connectivity index (χ3n) is 9.05. The highest BCUT2D eigenvalue weighted by Gasteiger charge is 2.53. The molecule has 2 heterocycles. The van der Waals surface area contributed by atoms with Crippen LogP contribution in [0.4, 0.5) is 0 Å². The number of allylic oxidation sites excluding steroid dienone is 8. The monoisotopic (exact) mass is 598 g/mol. The van der Waals surface area contributed by atoms with Crippen molar-refractivity contribution >= 4 is 0 Å². The van der Waals surface area contributed by atoms with Crippen molar-refractivity contribution in [2.24, 2.45) is 0 Å². The van der Waals surface area contributed by atoms with Crippen LogP contribution in [0.5, 0.6) is 0 Å². The van der Waals surface area contributed by atoms with Gasteiger partial charge in [0.1, 0.15) is 0 Å². The van der Waals surface area contributed by atoms with Gasteiger partial charge in [-0.05, 0) is 84.1 Å². The maximum absolute atomic E-state index is 6.57. The molecule has 2 saturated heterocycles. The van der Waals surface area contributed by atoms with Gasteiger partial charge in [-0.2, -0.15) is 0 Å². The minimum absolute atomic E-state index is 0.294. The summed E-state index contributed by atoms with van der Waals surface area (Å²) in [5, 5.41) is 0. The molecule has 2 aliphatic heterocycles. The molecule has 3 nitrogen and oxygen atoms in total. The molecular weight excluding hydrogens is 526 g/mol. The quantitative estimate of drug-likeness (QED) is 0.0661. The summed E-state index contributed by atoms with van der Waals surface area (Å²) < 4.78 is 13.1. The van der Waals surface area contributed by atoms with Crippen LogP contribution in [0.15, 0.2) is 48.6 Å². The van der Waals surface area contributed by atoms with Crippen molar-refractivity contribution in [3.8, 4) is 0 Å². The van der Waals surface area contributed by atoms with Crippen LogP contribution in [0.2, 0.25) is 0 Å². The first kappa shape index (κ1) is 38.0. The summed E-state index contributed by atoms with van der Waals surface area (Å²) in [6, 6.07) is 0. The fraction of sp³-hybridized carbons (Fsp3) is 0.800. The molecule has 2 atom stereocenters. The van der Waals surface area contributed by atoms with Gasteiger partial charge in [0, 0.05) is 0 Å². The lowest BCUT2D eigenvalue weighted by atomic mass is 9.99. The first-order valence-electron chi connectivity index (χ1n) is 18.8. The topological polar surface area (TPSA) is 21.7 Å². The second-order valence-corrected chi connectivity index (χ2v) is 13.4. The summed E-state index contributed by atoms with van der Waals surface area (Å²) in [6.07, 6.45) is 50.2. The first-order valence-corrected chi connectivity index (χ1v) is 18.8. The lowest BCUT2D eigenvalue weighted by molar-refractivity contribution is -0.246. The largest absolute Gasteiger partial charge is 0.341 e. The maximum Gasteiger partial charge on any atom is 0.194 e. The fourth-order valence-corrected chi connectivity index (χ4v) is 6.46. The second kappa shape index (κ2) is 26.1. The molecule has 1 spiro atoms. The Hall–Kier alpha value is -1.16. The first-order chi connectivity index (χ1) is 21.2. The zero-order valence-corrected chi connectivity index (χ0v) is 28.9. The highest BCUT2D eigenvalue weighted by atomic mass is 16.8. The van der Waals surface area contributed by atoms with Crippen LogP contribution in [0.3, 0.4) is 0 Å². The van der Waals surface area contributed by atoms with Gasteiger partial charge < -0.3 is 9.47 Å². The molecule has 0 bridgehead atoms. The van der Waals surface area contributed by atoms with Crippen molar-refractivity contribution in [1.82, 2.24) is 4.90 Å². The normalized spacial score (nSPS) is 20.6. The van der Waals surface area contributed by atoms with Crippen LogP contribution in [-0.4, -0.2) is 43.0 Å². The van der Waals surface area contributed by atoms with E-state index in [0.717, 1.165) is 25.9 Å². The molecule has 2 rings (SSSR count). The summed E-state index contributed by atoms with van der Waals surface area (Å²) in [5.74, 6) is -0.294. The molecule has 0 aromatic carbocycles. The maximum atomic E-state index is 6.57. The Morgan fingerprint density at radius 3 is 1.21 bits per heavy atom. The van der Waals surface area contributed by atoms with E-state index in [2.05, 4.69) is 74.4 Å². The van der Waals surface area contributed by atoms with E-state index in [4.69, 9.17) is 9.47 Å². The third kappa shape index (κ3) is 19.1. The van der Waals surface area contributed by atoms with Crippen LogP contribution < -0.4 is 0 Å². The van der Waals surface area contributed by atoms with Crippen LogP contribution in [0, 0.1) is 0 Å². The van der Waals surface area contributed by atoms with Crippen molar-refractivity contribution in [3.05, 3.63) is 48.6 Å². The lowest BCUT2D eigenvalue weighted by Crippen LogP contribution is -2.61. The van der Waals surface area contributed by atoms with E-state index in [-0.39, 0.29) is 5.79 Å². The molecular formula is C40H71NO2.